The van der Waals surface area contributed by atoms with E-state index in [1.54, 1.807) is 12.1 Å². The number of hydroxylamine groups is 1. The molecule has 0 spiro atoms. The molecule has 2 aromatic carbocycles. The van der Waals surface area contributed by atoms with Gasteiger partial charge in [-0.25, -0.2) is 5.06 Å². The zero-order valence-electron chi connectivity index (χ0n) is 9.64. The Labute approximate surface area is 119 Å². The summed E-state index contributed by atoms with van der Waals surface area (Å²) in [5.41, 5.74) is 4.74. The molecule has 2 N–H and O–H groups in total. The molecule has 0 amide bonds. The predicted octanol–water partition coefficient (Wildman–Crippen LogP) is 3.98. The van der Waals surface area contributed by atoms with Crippen LogP contribution in [0.1, 0.15) is 5.56 Å². The molecule has 0 aromatic heterocycles. The molecule has 0 saturated heterocycles. The monoisotopic (exact) mass is 293 g/mol. The molecule has 4 nitrogen and oxygen atoms in total. The molecule has 0 unspecified atom stereocenters. The van der Waals surface area contributed by atoms with Crippen molar-refractivity contribution in [3.05, 3.63) is 58.1 Å². The maximum Gasteiger partial charge on any atom is 0.184 e. The Morgan fingerprint density at radius 2 is 1.74 bits per heavy atom. The van der Waals surface area contributed by atoms with Crippen molar-refractivity contribution < 1.29 is 5.21 Å². The fourth-order valence-electron chi connectivity index (χ4n) is 1.85. The molecule has 3 rings (SSSR count). The predicted molar refractivity (Wildman–Crippen MR) is 77.3 cm³/mol. The standard InChI is InChI=1S/C13H9Cl2N3O/c14-9-6-11-12(7-10(9)15)18(19)13(17-16-11)8-4-2-1-3-5-8/h1-7,16,19H. The number of nitrogens with zero attached hydrogens (tertiary/aromatic N) is 2. The molecule has 0 radical (unpaired) electrons. The van der Waals surface area contributed by atoms with Crippen LogP contribution in [0.25, 0.3) is 0 Å². The zero-order chi connectivity index (χ0) is 13.4. The number of hydrazone groups is 1. The lowest BCUT2D eigenvalue weighted by molar-refractivity contribution is 0.312. The Morgan fingerprint density at radius 1 is 1.05 bits per heavy atom. The van der Waals surface area contributed by atoms with E-state index in [1.807, 2.05) is 30.3 Å². The number of anilines is 2. The number of hydrogen-bond acceptors (Lipinski definition) is 4. The molecule has 1 heterocycles. The van der Waals surface area contributed by atoms with Crippen molar-refractivity contribution in [1.29, 1.82) is 0 Å². The first-order valence-corrected chi connectivity index (χ1v) is 6.29. The molecule has 6 heteroatoms. The first-order valence-electron chi connectivity index (χ1n) is 5.54. The van der Waals surface area contributed by atoms with Gasteiger partial charge in [-0.1, -0.05) is 53.5 Å². The third kappa shape index (κ3) is 2.14. The highest BCUT2D eigenvalue weighted by Gasteiger charge is 2.22. The Balaban J connectivity index is 2.06. The van der Waals surface area contributed by atoms with Gasteiger partial charge in [0.25, 0.3) is 0 Å². The van der Waals surface area contributed by atoms with Crippen LogP contribution in [0.15, 0.2) is 47.6 Å². The molecule has 0 bridgehead atoms. The van der Waals surface area contributed by atoms with Crippen molar-refractivity contribution in [2.45, 2.75) is 0 Å². The summed E-state index contributed by atoms with van der Waals surface area (Å²) in [7, 11) is 0. The summed E-state index contributed by atoms with van der Waals surface area (Å²) in [5.74, 6) is 0.395. The van der Waals surface area contributed by atoms with Gasteiger partial charge in [0.2, 0.25) is 0 Å². The van der Waals surface area contributed by atoms with Crippen LogP contribution in [-0.2, 0) is 0 Å². The van der Waals surface area contributed by atoms with Crippen LogP contribution in [0.5, 0.6) is 0 Å². The van der Waals surface area contributed by atoms with Crippen LogP contribution in [0.4, 0.5) is 11.4 Å². The van der Waals surface area contributed by atoms with E-state index in [1.165, 1.54) is 0 Å². The molecule has 0 saturated carbocycles. The SMILES string of the molecule is ON1C(c2ccccc2)=NNc2cc(Cl)c(Cl)cc21. The molecule has 1 aliphatic heterocycles. The van der Waals surface area contributed by atoms with Gasteiger partial charge in [-0.2, -0.15) is 5.10 Å². The van der Waals surface area contributed by atoms with Crippen molar-refractivity contribution in [2.24, 2.45) is 5.10 Å². The number of halogens is 2. The fraction of sp³-hybridized carbons (Fsp3) is 0. The maximum absolute atomic E-state index is 10.3. The molecule has 1 aliphatic rings. The van der Waals surface area contributed by atoms with Gasteiger partial charge >= 0.3 is 0 Å². The van der Waals surface area contributed by atoms with Gasteiger partial charge in [0.1, 0.15) is 0 Å². The summed E-state index contributed by atoms with van der Waals surface area (Å²) < 4.78 is 0. The highest BCUT2D eigenvalue weighted by Crippen LogP contribution is 2.36. The van der Waals surface area contributed by atoms with E-state index < -0.39 is 0 Å². The Morgan fingerprint density at radius 3 is 2.47 bits per heavy atom. The molecule has 0 atom stereocenters. The van der Waals surface area contributed by atoms with Crippen LogP contribution >= 0.6 is 23.2 Å². The quantitative estimate of drug-likeness (QED) is 0.836. The summed E-state index contributed by atoms with van der Waals surface area (Å²) in [6.07, 6.45) is 0. The summed E-state index contributed by atoms with van der Waals surface area (Å²) in [6.45, 7) is 0. The Kier molecular flexibility index (Phi) is 3.06. The van der Waals surface area contributed by atoms with Crippen molar-refractivity contribution in [3.63, 3.8) is 0 Å². The van der Waals surface area contributed by atoms with Gasteiger partial charge in [-0.15, -0.1) is 0 Å². The minimum Gasteiger partial charge on any atom is -0.282 e. The number of benzene rings is 2. The second-order valence-corrected chi connectivity index (χ2v) is 4.82. The zero-order valence-corrected chi connectivity index (χ0v) is 11.2. The summed E-state index contributed by atoms with van der Waals surface area (Å²) in [6, 6.07) is 12.6. The number of fused-ring (bicyclic) bond motifs is 1. The van der Waals surface area contributed by atoms with Crippen LogP contribution in [0.2, 0.25) is 10.0 Å². The summed E-state index contributed by atoms with van der Waals surface area (Å²) in [5, 5.41) is 16.1. The molecule has 96 valence electrons. The van der Waals surface area contributed by atoms with Crippen LogP contribution in [0, 0.1) is 0 Å². The highest BCUT2D eigenvalue weighted by molar-refractivity contribution is 6.42. The maximum atomic E-state index is 10.3. The molecule has 0 fully saturated rings. The lowest BCUT2D eigenvalue weighted by Gasteiger charge is -2.26. The lowest BCUT2D eigenvalue weighted by atomic mass is 10.1. The Bertz CT molecular complexity index is 658. The largest absolute Gasteiger partial charge is 0.282 e. The first kappa shape index (κ1) is 12.3. The molecular weight excluding hydrogens is 285 g/mol. The van der Waals surface area contributed by atoms with Crippen molar-refractivity contribution in [3.8, 4) is 0 Å². The van der Waals surface area contributed by atoms with E-state index in [0.717, 1.165) is 10.6 Å². The first-order chi connectivity index (χ1) is 9.16. The third-order valence-electron chi connectivity index (χ3n) is 2.78. The Hall–Kier alpha value is -1.75. The minimum atomic E-state index is 0.371. The third-order valence-corrected chi connectivity index (χ3v) is 3.50. The van der Waals surface area contributed by atoms with Crippen molar-refractivity contribution in [1.82, 2.24) is 0 Å². The molecular formula is C13H9Cl2N3O. The topological polar surface area (TPSA) is 47.9 Å². The van der Waals surface area contributed by atoms with Crippen molar-refractivity contribution >= 4 is 40.4 Å². The molecule has 2 aromatic rings. The number of amidine groups is 1. The smallest absolute Gasteiger partial charge is 0.184 e. The van der Waals surface area contributed by atoms with Crippen LogP contribution in [0.3, 0.4) is 0 Å². The van der Waals surface area contributed by atoms with E-state index in [9.17, 15) is 5.21 Å². The van der Waals surface area contributed by atoms with E-state index >= 15 is 0 Å². The van der Waals surface area contributed by atoms with Gasteiger partial charge in [0.15, 0.2) is 5.84 Å². The van der Waals surface area contributed by atoms with E-state index in [0.29, 0.717) is 27.3 Å². The van der Waals surface area contributed by atoms with E-state index in [4.69, 9.17) is 23.2 Å². The lowest BCUT2D eigenvalue weighted by Crippen LogP contribution is -2.32. The number of hydrogen-bond donors (Lipinski definition) is 2. The van der Waals surface area contributed by atoms with E-state index in [2.05, 4.69) is 10.5 Å². The van der Waals surface area contributed by atoms with Gasteiger partial charge < -0.3 is 0 Å². The summed E-state index contributed by atoms with van der Waals surface area (Å²) >= 11 is 11.9. The number of rotatable bonds is 1. The van der Waals surface area contributed by atoms with Gasteiger partial charge in [-0.3, -0.25) is 10.6 Å². The van der Waals surface area contributed by atoms with Crippen molar-refractivity contribution in [2.75, 3.05) is 10.5 Å². The second-order valence-electron chi connectivity index (χ2n) is 4.01. The second kappa shape index (κ2) is 4.74. The van der Waals surface area contributed by atoms with Gasteiger partial charge in [0.05, 0.1) is 21.4 Å². The van der Waals surface area contributed by atoms with Gasteiger partial charge in [-0.05, 0) is 12.1 Å². The highest BCUT2D eigenvalue weighted by atomic mass is 35.5. The fourth-order valence-corrected chi connectivity index (χ4v) is 2.17. The summed E-state index contributed by atoms with van der Waals surface area (Å²) in [4.78, 5) is 0. The number of nitrogens with one attached hydrogen (secondary N) is 1. The average Bonchev–Trinajstić information content (AvgIpc) is 2.42. The minimum absolute atomic E-state index is 0.371. The average molecular weight is 294 g/mol. The van der Waals surface area contributed by atoms with E-state index in [-0.39, 0.29) is 0 Å². The van der Waals surface area contributed by atoms with Gasteiger partial charge in [0, 0.05) is 5.56 Å². The molecule has 0 aliphatic carbocycles. The van der Waals surface area contributed by atoms with Crippen LogP contribution < -0.4 is 10.5 Å². The molecule has 19 heavy (non-hydrogen) atoms. The normalized spacial score (nSPS) is 13.6. The van der Waals surface area contributed by atoms with Crippen LogP contribution in [-0.4, -0.2) is 11.0 Å².